The van der Waals surface area contributed by atoms with Crippen LogP contribution in [-0.4, -0.2) is 40.0 Å². The molecule has 0 heterocycles. The van der Waals surface area contributed by atoms with Crippen LogP contribution in [0.5, 0.6) is 5.75 Å². The van der Waals surface area contributed by atoms with Crippen LogP contribution in [0.2, 0.25) is 0 Å². The summed E-state index contributed by atoms with van der Waals surface area (Å²) >= 11 is 0. The monoisotopic (exact) mass is 404 g/mol. The van der Waals surface area contributed by atoms with Crippen LogP contribution in [0.4, 0.5) is 4.79 Å². The Kier molecular flexibility index (Phi) is 7.80. The molecule has 9 heteroatoms. The minimum Gasteiger partial charge on any atom is -0.491 e. The Morgan fingerprint density at radius 1 is 1.14 bits per heavy atom. The molecule has 0 aromatic heterocycles. The van der Waals surface area contributed by atoms with E-state index in [1.54, 1.807) is 24.3 Å². The molecule has 0 bridgehead atoms. The minimum absolute atomic E-state index is 0.0893. The molecule has 0 aliphatic heterocycles. The Bertz CT molecular complexity index is 908. The van der Waals surface area contributed by atoms with Crippen LogP contribution in [-0.2, 0) is 25.6 Å². The van der Waals surface area contributed by atoms with Crippen LogP contribution in [0.3, 0.4) is 0 Å². The largest absolute Gasteiger partial charge is 0.491 e. The van der Waals surface area contributed by atoms with Crippen LogP contribution in [0.1, 0.15) is 11.1 Å². The first kappa shape index (κ1) is 21.2. The van der Waals surface area contributed by atoms with E-state index >= 15 is 0 Å². The summed E-state index contributed by atoms with van der Waals surface area (Å²) in [5, 5.41) is 11.2. The Morgan fingerprint density at radius 2 is 1.82 bits per heavy atom. The van der Waals surface area contributed by atoms with Gasteiger partial charge in [0, 0.05) is 0 Å². The summed E-state index contributed by atoms with van der Waals surface area (Å²) in [5.74, 6) is 0.438. The highest BCUT2D eigenvalue weighted by Gasteiger charge is 2.18. The molecule has 1 amide bonds. The fraction of sp³-hybridized carbons (Fsp3) is 0.263. The zero-order valence-electron chi connectivity index (χ0n) is 15.2. The van der Waals surface area contributed by atoms with Crippen LogP contribution in [0.15, 0.2) is 54.6 Å². The Balaban J connectivity index is 1.85. The van der Waals surface area contributed by atoms with Crippen LogP contribution in [0.25, 0.3) is 0 Å². The molecule has 0 aliphatic rings. The minimum atomic E-state index is -3.76. The fourth-order valence-corrected chi connectivity index (χ4v) is 2.77. The molecule has 8 nitrogen and oxygen atoms in total. The van der Waals surface area contributed by atoms with Crippen LogP contribution >= 0.6 is 0 Å². The van der Waals surface area contributed by atoms with E-state index in [0.29, 0.717) is 11.3 Å². The van der Waals surface area contributed by atoms with Gasteiger partial charge in [-0.15, -0.1) is 0 Å². The summed E-state index contributed by atoms with van der Waals surface area (Å²) in [4.78, 5) is 11.8. The molecule has 1 atom stereocenters. The van der Waals surface area contributed by atoms with E-state index in [1.807, 2.05) is 36.4 Å². The van der Waals surface area contributed by atoms with Gasteiger partial charge in [-0.3, -0.25) is 4.18 Å². The van der Waals surface area contributed by atoms with Crippen molar-refractivity contribution in [3.8, 4) is 11.8 Å². The average molecular weight is 404 g/mol. The van der Waals surface area contributed by atoms with E-state index in [0.717, 1.165) is 11.8 Å². The molecule has 0 saturated carbocycles. The lowest BCUT2D eigenvalue weighted by atomic mass is 10.2. The number of ether oxygens (including phenoxy) is 2. The highest BCUT2D eigenvalue weighted by molar-refractivity contribution is 7.86. The van der Waals surface area contributed by atoms with Gasteiger partial charge >= 0.3 is 6.09 Å². The third-order valence-electron chi connectivity index (χ3n) is 3.42. The van der Waals surface area contributed by atoms with Gasteiger partial charge in [-0.2, -0.15) is 13.7 Å². The van der Waals surface area contributed by atoms with Crippen molar-refractivity contribution in [2.24, 2.45) is 0 Å². The molecule has 1 N–H and O–H groups in total. The topological polar surface area (TPSA) is 115 Å². The van der Waals surface area contributed by atoms with E-state index in [2.05, 4.69) is 5.32 Å². The number of nitrogens with zero attached hydrogens (tertiary/aromatic N) is 1. The maximum absolute atomic E-state index is 11.8. The lowest BCUT2D eigenvalue weighted by Gasteiger charge is -2.17. The second kappa shape index (κ2) is 10.3. The van der Waals surface area contributed by atoms with Crippen molar-refractivity contribution < 1.29 is 26.9 Å². The van der Waals surface area contributed by atoms with Crippen molar-refractivity contribution in [1.82, 2.24) is 5.32 Å². The molecule has 2 rings (SSSR count). The number of carbonyl (C=O) groups excluding carboxylic acids is 1. The third kappa shape index (κ3) is 8.07. The van der Waals surface area contributed by atoms with E-state index in [1.165, 1.54) is 0 Å². The van der Waals surface area contributed by atoms with Crippen molar-refractivity contribution in [1.29, 1.82) is 5.26 Å². The summed E-state index contributed by atoms with van der Waals surface area (Å²) in [7, 11) is -3.76. The van der Waals surface area contributed by atoms with E-state index in [9.17, 15) is 13.2 Å². The Hall–Kier alpha value is -3.09. The van der Waals surface area contributed by atoms with Crippen molar-refractivity contribution >= 4 is 16.2 Å². The van der Waals surface area contributed by atoms with Gasteiger partial charge in [-0.25, -0.2) is 4.79 Å². The first-order valence-electron chi connectivity index (χ1n) is 8.31. The molecular weight excluding hydrogens is 384 g/mol. The number of amides is 1. The van der Waals surface area contributed by atoms with Gasteiger partial charge in [0.25, 0.3) is 10.1 Å². The molecule has 2 aromatic carbocycles. The van der Waals surface area contributed by atoms with Crippen molar-refractivity contribution in [2.75, 3.05) is 19.4 Å². The molecular formula is C19H20N2O6S. The summed E-state index contributed by atoms with van der Waals surface area (Å²) in [6.45, 7) is -0.166. The number of rotatable bonds is 9. The maximum atomic E-state index is 11.8. The van der Waals surface area contributed by atoms with Crippen LogP contribution < -0.4 is 10.1 Å². The smallest absolute Gasteiger partial charge is 0.407 e. The van der Waals surface area contributed by atoms with Crippen LogP contribution in [0, 0.1) is 11.3 Å². The quantitative estimate of drug-likeness (QED) is 0.637. The average Bonchev–Trinajstić information content (AvgIpc) is 2.68. The van der Waals surface area contributed by atoms with Gasteiger partial charge < -0.3 is 14.8 Å². The zero-order valence-corrected chi connectivity index (χ0v) is 16.0. The summed E-state index contributed by atoms with van der Waals surface area (Å²) in [6.07, 6.45) is -0.741. The van der Waals surface area contributed by atoms with Crippen molar-refractivity contribution in [3.05, 3.63) is 65.7 Å². The highest BCUT2D eigenvalue weighted by Crippen LogP contribution is 2.12. The molecule has 1 unspecified atom stereocenters. The van der Waals surface area contributed by atoms with Gasteiger partial charge in [0.1, 0.15) is 25.1 Å². The molecule has 148 valence electrons. The number of benzene rings is 2. The number of nitrogens with one attached hydrogen (secondary N) is 1. The number of alkyl carbamates (subject to hydrolysis) is 1. The Morgan fingerprint density at radius 3 is 2.43 bits per heavy atom. The summed E-state index contributed by atoms with van der Waals surface area (Å²) in [6, 6.07) is 17.4. The SMILES string of the molecule is CS(=O)(=O)OC(CNC(=O)OCc1ccccc1)COc1ccc(C#N)cc1. The zero-order chi connectivity index (χ0) is 20.4. The molecule has 0 radical (unpaired) electrons. The number of hydrogen-bond donors (Lipinski definition) is 1. The summed E-state index contributed by atoms with van der Waals surface area (Å²) < 4.78 is 38.4. The standard InChI is InChI=1S/C19H20N2O6S/c1-28(23,24)27-18(14-25-17-9-7-15(11-20)8-10-17)12-21-19(22)26-13-16-5-3-2-4-6-16/h2-10,18H,12-14H2,1H3,(H,21,22). The van der Waals surface area contributed by atoms with E-state index in [4.69, 9.17) is 18.9 Å². The molecule has 28 heavy (non-hydrogen) atoms. The number of nitriles is 1. The lowest BCUT2D eigenvalue weighted by Crippen LogP contribution is -2.38. The van der Waals surface area contributed by atoms with Gasteiger partial charge in [0.15, 0.2) is 0 Å². The van der Waals surface area contributed by atoms with Gasteiger partial charge in [0.05, 0.1) is 24.4 Å². The maximum Gasteiger partial charge on any atom is 0.407 e. The predicted molar refractivity (Wildman–Crippen MR) is 101 cm³/mol. The third-order valence-corrected chi connectivity index (χ3v) is 4.04. The van der Waals surface area contributed by atoms with Crippen molar-refractivity contribution in [3.63, 3.8) is 0 Å². The Labute approximate surface area is 163 Å². The van der Waals surface area contributed by atoms with E-state index < -0.39 is 22.3 Å². The molecule has 0 saturated heterocycles. The number of hydrogen-bond acceptors (Lipinski definition) is 7. The number of carbonyl (C=O) groups is 1. The first-order chi connectivity index (χ1) is 13.4. The molecule has 0 spiro atoms. The normalized spacial score (nSPS) is 11.9. The second-order valence-corrected chi connectivity index (χ2v) is 7.41. The predicted octanol–water partition coefficient (Wildman–Crippen LogP) is 2.21. The highest BCUT2D eigenvalue weighted by atomic mass is 32.2. The van der Waals surface area contributed by atoms with Gasteiger partial charge in [0.2, 0.25) is 0 Å². The van der Waals surface area contributed by atoms with Gasteiger partial charge in [-0.1, -0.05) is 30.3 Å². The van der Waals surface area contributed by atoms with Crippen molar-refractivity contribution in [2.45, 2.75) is 12.7 Å². The fourth-order valence-electron chi connectivity index (χ4n) is 2.15. The van der Waals surface area contributed by atoms with E-state index in [-0.39, 0.29) is 19.8 Å². The lowest BCUT2D eigenvalue weighted by molar-refractivity contribution is 0.114. The molecule has 0 aliphatic carbocycles. The molecule has 2 aromatic rings. The first-order valence-corrected chi connectivity index (χ1v) is 10.1. The van der Waals surface area contributed by atoms with Gasteiger partial charge in [-0.05, 0) is 29.8 Å². The second-order valence-electron chi connectivity index (χ2n) is 5.81. The summed E-state index contributed by atoms with van der Waals surface area (Å²) in [5.41, 5.74) is 1.30. The molecule has 0 fully saturated rings.